The third-order valence-electron chi connectivity index (χ3n) is 4.57. The van der Waals surface area contributed by atoms with Gasteiger partial charge in [0.25, 0.3) is 11.8 Å². The molecule has 1 aliphatic heterocycles. The Labute approximate surface area is 150 Å². The van der Waals surface area contributed by atoms with E-state index in [-0.39, 0.29) is 24.2 Å². The highest BCUT2D eigenvalue weighted by Crippen LogP contribution is 2.19. The second kappa shape index (κ2) is 9.64. The first kappa shape index (κ1) is 20.5. The molecule has 6 heteroatoms. The number of halogens is 1. The predicted octanol–water partition coefficient (Wildman–Crippen LogP) is 2.27. The highest BCUT2D eigenvalue weighted by Gasteiger charge is 2.23. The van der Waals surface area contributed by atoms with Crippen LogP contribution in [0.1, 0.15) is 40.5 Å². The Balaban J connectivity index is 0.00000288. The molecule has 2 amide bonds. The normalized spacial score (nSPS) is 14.9. The molecule has 0 aromatic heterocycles. The first-order chi connectivity index (χ1) is 11.1. The maximum absolute atomic E-state index is 12.7. The van der Waals surface area contributed by atoms with Crippen molar-refractivity contribution in [2.75, 3.05) is 40.3 Å². The molecule has 5 nitrogen and oxygen atoms in total. The average molecular weight is 354 g/mol. The van der Waals surface area contributed by atoms with E-state index in [1.807, 2.05) is 18.9 Å². The number of benzene rings is 1. The Hall–Kier alpha value is -1.59. The van der Waals surface area contributed by atoms with Crippen LogP contribution >= 0.6 is 12.4 Å². The minimum atomic E-state index is -0.0464. The number of carbonyl (C=O) groups is 2. The van der Waals surface area contributed by atoms with E-state index >= 15 is 0 Å². The lowest BCUT2D eigenvalue weighted by Crippen LogP contribution is -2.40. The number of likely N-dealkylation sites (tertiary alicyclic amines) is 1. The fourth-order valence-corrected chi connectivity index (χ4v) is 2.96. The van der Waals surface area contributed by atoms with Crippen LogP contribution in [0.4, 0.5) is 0 Å². The molecule has 1 aromatic carbocycles. The van der Waals surface area contributed by atoms with Crippen LogP contribution in [0.3, 0.4) is 0 Å². The maximum atomic E-state index is 12.7. The summed E-state index contributed by atoms with van der Waals surface area (Å²) >= 11 is 0. The van der Waals surface area contributed by atoms with Crippen LogP contribution < -0.4 is 5.32 Å². The summed E-state index contributed by atoms with van der Waals surface area (Å²) in [5.74, 6) is 0.631. The van der Waals surface area contributed by atoms with Crippen LogP contribution in [0.15, 0.2) is 24.3 Å². The van der Waals surface area contributed by atoms with E-state index in [9.17, 15) is 9.59 Å². The van der Waals surface area contributed by atoms with Crippen molar-refractivity contribution in [3.63, 3.8) is 0 Å². The summed E-state index contributed by atoms with van der Waals surface area (Å²) in [6, 6.07) is 7.07. The molecule has 24 heavy (non-hydrogen) atoms. The number of hydrogen-bond acceptors (Lipinski definition) is 3. The van der Waals surface area contributed by atoms with Crippen molar-refractivity contribution in [2.45, 2.75) is 19.8 Å². The van der Waals surface area contributed by atoms with Crippen molar-refractivity contribution in [1.29, 1.82) is 0 Å². The SMILES string of the molecule is CCN(C)C(=O)c1cccc(C(=O)N2CCC(CNC)CC2)c1.Cl. The fourth-order valence-electron chi connectivity index (χ4n) is 2.96. The van der Waals surface area contributed by atoms with Crippen LogP contribution in [-0.2, 0) is 0 Å². The molecule has 1 heterocycles. The molecule has 134 valence electrons. The molecule has 0 bridgehead atoms. The van der Waals surface area contributed by atoms with E-state index in [0.717, 1.165) is 32.5 Å². The second-order valence-electron chi connectivity index (χ2n) is 6.19. The van der Waals surface area contributed by atoms with Crippen molar-refractivity contribution >= 4 is 24.2 Å². The molecule has 1 N–H and O–H groups in total. The fraction of sp³-hybridized carbons (Fsp3) is 0.556. The molecule has 0 atom stereocenters. The quantitative estimate of drug-likeness (QED) is 0.883. The smallest absolute Gasteiger partial charge is 0.253 e. The van der Waals surface area contributed by atoms with E-state index in [2.05, 4.69) is 5.32 Å². The Bertz CT molecular complexity index is 557. The zero-order valence-electron chi connectivity index (χ0n) is 14.7. The van der Waals surface area contributed by atoms with Gasteiger partial charge in [0.15, 0.2) is 0 Å². The van der Waals surface area contributed by atoms with Crippen LogP contribution in [0, 0.1) is 5.92 Å². The van der Waals surface area contributed by atoms with Gasteiger partial charge in [0, 0.05) is 37.8 Å². The molecule has 2 rings (SSSR count). The topological polar surface area (TPSA) is 52.7 Å². The van der Waals surface area contributed by atoms with Gasteiger partial charge in [-0.15, -0.1) is 12.4 Å². The minimum absolute atomic E-state index is 0. The Morgan fingerprint density at radius 2 is 1.88 bits per heavy atom. The monoisotopic (exact) mass is 353 g/mol. The molecule has 1 aliphatic rings. The summed E-state index contributed by atoms with van der Waals surface area (Å²) < 4.78 is 0. The average Bonchev–Trinajstić information content (AvgIpc) is 2.61. The Kier molecular flexibility index (Phi) is 8.22. The van der Waals surface area contributed by atoms with Gasteiger partial charge in [-0.3, -0.25) is 9.59 Å². The van der Waals surface area contributed by atoms with Crippen molar-refractivity contribution in [1.82, 2.24) is 15.1 Å². The number of rotatable bonds is 5. The third-order valence-corrected chi connectivity index (χ3v) is 4.57. The van der Waals surface area contributed by atoms with Gasteiger partial charge in [0.2, 0.25) is 0 Å². The number of nitrogens with zero attached hydrogens (tertiary/aromatic N) is 2. The van der Waals surface area contributed by atoms with E-state index in [1.165, 1.54) is 0 Å². The van der Waals surface area contributed by atoms with E-state index in [0.29, 0.717) is 23.6 Å². The molecule has 0 aliphatic carbocycles. The van der Waals surface area contributed by atoms with Gasteiger partial charge in [-0.25, -0.2) is 0 Å². The Morgan fingerprint density at radius 1 is 1.25 bits per heavy atom. The number of piperidine rings is 1. The van der Waals surface area contributed by atoms with E-state index in [1.54, 1.807) is 36.2 Å². The van der Waals surface area contributed by atoms with Crippen LogP contribution in [0.5, 0.6) is 0 Å². The molecule has 1 aromatic rings. The molecule has 0 spiro atoms. The molecule has 0 unspecified atom stereocenters. The number of carbonyl (C=O) groups excluding carboxylic acids is 2. The number of hydrogen-bond donors (Lipinski definition) is 1. The lowest BCUT2D eigenvalue weighted by Gasteiger charge is -2.32. The van der Waals surface area contributed by atoms with E-state index in [4.69, 9.17) is 0 Å². The second-order valence-corrected chi connectivity index (χ2v) is 6.19. The number of nitrogens with one attached hydrogen (secondary N) is 1. The first-order valence-electron chi connectivity index (χ1n) is 8.36. The Morgan fingerprint density at radius 3 is 2.46 bits per heavy atom. The van der Waals surface area contributed by atoms with Gasteiger partial charge in [-0.1, -0.05) is 6.07 Å². The first-order valence-corrected chi connectivity index (χ1v) is 8.36. The van der Waals surface area contributed by atoms with Crippen LogP contribution in [0.25, 0.3) is 0 Å². The van der Waals surface area contributed by atoms with Crippen LogP contribution in [-0.4, -0.2) is 61.9 Å². The van der Waals surface area contributed by atoms with Crippen LogP contribution in [0.2, 0.25) is 0 Å². The zero-order valence-corrected chi connectivity index (χ0v) is 15.6. The molecule has 1 fully saturated rings. The van der Waals surface area contributed by atoms with E-state index < -0.39 is 0 Å². The molecular formula is C18H28ClN3O2. The van der Waals surface area contributed by atoms with Gasteiger partial charge >= 0.3 is 0 Å². The van der Waals surface area contributed by atoms with Gasteiger partial charge in [-0.05, 0) is 57.5 Å². The summed E-state index contributed by atoms with van der Waals surface area (Å²) in [5, 5.41) is 3.20. The van der Waals surface area contributed by atoms with Gasteiger partial charge in [-0.2, -0.15) is 0 Å². The number of amides is 2. The van der Waals surface area contributed by atoms with Crippen molar-refractivity contribution in [2.24, 2.45) is 5.92 Å². The minimum Gasteiger partial charge on any atom is -0.342 e. The van der Waals surface area contributed by atoms with Crippen molar-refractivity contribution < 1.29 is 9.59 Å². The highest BCUT2D eigenvalue weighted by molar-refractivity contribution is 5.99. The molecule has 0 saturated carbocycles. The van der Waals surface area contributed by atoms with Gasteiger partial charge < -0.3 is 15.1 Å². The lowest BCUT2D eigenvalue weighted by atomic mass is 9.96. The summed E-state index contributed by atoms with van der Waals surface area (Å²) in [4.78, 5) is 28.4. The summed E-state index contributed by atoms with van der Waals surface area (Å²) in [6.07, 6.45) is 2.06. The summed E-state index contributed by atoms with van der Waals surface area (Å²) in [6.45, 7) is 5.17. The molecular weight excluding hydrogens is 326 g/mol. The molecule has 0 radical (unpaired) electrons. The molecule has 1 saturated heterocycles. The zero-order chi connectivity index (χ0) is 16.8. The van der Waals surface area contributed by atoms with Crippen molar-refractivity contribution in [3.05, 3.63) is 35.4 Å². The summed E-state index contributed by atoms with van der Waals surface area (Å²) in [5.41, 5.74) is 1.18. The summed E-state index contributed by atoms with van der Waals surface area (Å²) in [7, 11) is 3.73. The predicted molar refractivity (Wildman–Crippen MR) is 98.9 cm³/mol. The van der Waals surface area contributed by atoms with Gasteiger partial charge in [0.1, 0.15) is 0 Å². The van der Waals surface area contributed by atoms with Gasteiger partial charge in [0.05, 0.1) is 0 Å². The lowest BCUT2D eigenvalue weighted by molar-refractivity contribution is 0.0691. The maximum Gasteiger partial charge on any atom is 0.253 e. The largest absolute Gasteiger partial charge is 0.342 e. The highest BCUT2D eigenvalue weighted by atomic mass is 35.5. The van der Waals surface area contributed by atoms with Crippen molar-refractivity contribution in [3.8, 4) is 0 Å². The third kappa shape index (κ3) is 4.95. The standard InChI is InChI=1S/C18H27N3O2.ClH/c1-4-20(3)17(22)15-6-5-7-16(12-15)18(23)21-10-8-14(9-11-21)13-19-2;/h5-7,12,14,19H,4,8-11,13H2,1-3H3;1H.